The average Bonchev–Trinajstić information content (AvgIpc) is 3.64. The number of nitrogens with zero attached hydrogens (tertiary/aromatic N) is 2. The largest absolute Gasteiger partial charge is 0.396 e. The molecule has 46 heavy (non-hydrogen) atoms. The summed E-state index contributed by atoms with van der Waals surface area (Å²) in [6.45, 7) is 9.00. The Bertz CT molecular complexity index is 1520. The molecule has 2 aromatic carbocycles. The van der Waals surface area contributed by atoms with Crippen molar-refractivity contribution < 1.29 is 24.2 Å². The first kappa shape index (κ1) is 32.4. The fourth-order valence-corrected chi connectivity index (χ4v) is 8.02. The number of aromatic nitrogens is 1. The Morgan fingerprint density at radius 2 is 1.83 bits per heavy atom. The predicted octanol–water partition coefficient (Wildman–Crippen LogP) is 5.76. The molecule has 0 radical (unpaired) electrons. The first-order valence-corrected chi connectivity index (χ1v) is 16.6. The van der Waals surface area contributed by atoms with E-state index in [1.807, 2.05) is 42.5 Å². The van der Waals surface area contributed by atoms with Gasteiger partial charge in [0.05, 0.1) is 12.6 Å². The van der Waals surface area contributed by atoms with E-state index in [0.717, 1.165) is 29.5 Å². The number of rotatable bonds is 8. The van der Waals surface area contributed by atoms with Gasteiger partial charge in [0.2, 0.25) is 11.8 Å². The maximum atomic E-state index is 15.2. The van der Waals surface area contributed by atoms with Crippen molar-refractivity contribution in [1.82, 2.24) is 10.3 Å². The molecule has 244 valence electrons. The van der Waals surface area contributed by atoms with Gasteiger partial charge < -0.3 is 19.9 Å². The quantitative estimate of drug-likeness (QED) is 0.330. The fraction of sp³-hybridized carbons (Fsp3) is 0.500. The number of aliphatic hydroxyl groups is 1. The van der Waals surface area contributed by atoms with Crippen LogP contribution in [-0.2, 0) is 30.9 Å². The summed E-state index contributed by atoms with van der Waals surface area (Å²) in [5.41, 5.74) is 4.46. The number of fused-ring (bicyclic) bond motifs is 2. The monoisotopic (exact) mass is 625 g/mol. The normalized spacial score (nSPS) is 27.8. The van der Waals surface area contributed by atoms with Crippen LogP contribution in [-0.4, -0.2) is 48.5 Å². The number of amides is 2. The Balaban J connectivity index is 1.44. The lowest BCUT2D eigenvalue weighted by molar-refractivity contribution is -0.133. The van der Waals surface area contributed by atoms with Crippen molar-refractivity contribution in [3.8, 4) is 0 Å². The van der Waals surface area contributed by atoms with Gasteiger partial charge in [0, 0.05) is 61.0 Å². The van der Waals surface area contributed by atoms with Crippen LogP contribution in [0.4, 0.5) is 5.69 Å². The third-order valence-corrected chi connectivity index (χ3v) is 10.5. The summed E-state index contributed by atoms with van der Waals surface area (Å²) in [7, 11) is 1.66. The van der Waals surface area contributed by atoms with E-state index < -0.39 is 6.04 Å². The minimum absolute atomic E-state index is 0.0179. The van der Waals surface area contributed by atoms with Crippen molar-refractivity contribution >= 4 is 17.5 Å². The van der Waals surface area contributed by atoms with Crippen molar-refractivity contribution in [3.05, 3.63) is 95.3 Å². The SMILES string of the molecule is CO[C@H]1OCC2C1CCC(C)[C@@H]2C(=O)N(c1ccc(C(C)(C)C)cc1)C(C(=O)N[C@@H]1c2ccccc2C[C@@H]1CO)c1cccnc1. The molecule has 0 bridgehead atoms. The second-order valence-corrected chi connectivity index (χ2v) is 14.4. The van der Waals surface area contributed by atoms with E-state index in [4.69, 9.17) is 9.47 Å². The van der Waals surface area contributed by atoms with Crippen LogP contribution >= 0.6 is 0 Å². The second kappa shape index (κ2) is 13.3. The molecule has 1 aliphatic heterocycles. The lowest BCUT2D eigenvalue weighted by Gasteiger charge is -2.42. The standard InChI is InChI=1S/C38H47N3O5/c1-23-12-17-30-31(22-46-37(30)45-5)32(23)36(44)41(28-15-13-27(14-16-28)38(2,3)4)34(25-10-8-18-39-20-25)35(43)40-33-26(21-42)19-24-9-6-7-11-29(24)33/h6-11,13-16,18,20,23,26,30-34,37,42H,12,17,19,21-22H2,1-5H3,(H,40,43)/t23?,26-,30?,31?,32+,33+,34?,37+/m1/s1. The number of ether oxygens (including phenoxy) is 2. The molecule has 4 unspecified atom stereocenters. The zero-order valence-electron chi connectivity index (χ0n) is 27.6. The summed E-state index contributed by atoms with van der Waals surface area (Å²) in [5.74, 6) is -0.721. The number of methoxy groups -OCH3 is 1. The van der Waals surface area contributed by atoms with Gasteiger partial charge in [-0.1, -0.05) is 70.2 Å². The van der Waals surface area contributed by atoms with E-state index in [1.54, 1.807) is 30.5 Å². The molecule has 8 atom stereocenters. The third kappa shape index (κ3) is 6.10. The van der Waals surface area contributed by atoms with Crippen LogP contribution in [0.15, 0.2) is 73.1 Å². The maximum absolute atomic E-state index is 15.2. The van der Waals surface area contributed by atoms with Crippen LogP contribution in [0.5, 0.6) is 0 Å². The summed E-state index contributed by atoms with van der Waals surface area (Å²) >= 11 is 0. The van der Waals surface area contributed by atoms with Gasteiger partial charge in [-0.25, -0.2) is 0 Å². The number of carbonyl (C=O) groups is 2. The average molecular weight is 626 g/mol. The number of aliphatic hydroxyl groups excluding tert-OH is 1. The smallest absolute Gasteiger partial charge is 0.248 e. The molecule has 3 aliphatic rings. The molecule has 1 aromatic heterocycles. The molecule has 2 N–H and O–H groups in total. The van der Waals surface area contributed by atoms with Crippen LogP contribution < -0.4 is 10.2 Å². The molecule has 2 fully saturated rings. The highest BCUT2D eigenvalue weighted by Crippen LogP contribution is 2.47. The molecule has 1 saturated carbocycles. The van der Waals surface area contributed by atoms with Crippen molar-refractivity contribution in [1.29, 1.82) is 0 Å². The number of anilines is 1. The highest BCUT2D eigenvalue weighted by atomic mass is 16.7. The van der Waals surface area contributed by atoms with Crippen molar-refractivity contribution in [2.75, 3.05) is 25.2 Å². The summed E-state index contributed by atoms with van der Waals surface area (Å²) in [6.07, 6.45) is 5.50. The fourth-order valence-electron chi connectivity index (χ4n) is 8.02. The highest BCUT2D eigenvalue weighted by Gasteiger charge is 2.51. The summed E-state index contributed by atoms with van der Waals surface area (Å²) in [6, 6.07) is 18.3. The van der Waals surface area contributed by atoms with E-state index in [0.29, 0.717) is 24.3 Å². The number of benzene rings is 2. The van der Waals surface area contributed by atoms with E-state index in [9.17, 15) is 9.90 Å². The molecule has 3 aromatic rings. The summed E-state index contributed by atoms with van der Waals surface area (Å²) in [5, 5.41) is 13.6. The van der Waals surface area contributed by atoms with Gasteiger partial charge in [-0.15, -0.1) is 0 Å². The second-order valence-electron chi connectivity index (χ2n) is 14.4. The lowest BCUT2D eigenvalue weighted by Crippen LogP contribution is -2.51. The van der Waals surface area contributed by atoms with E-state index in [-0.39, 0.29) is 65.8 Å². The van der Waals surface area contributed by atoms with Gasteiger partial charge in [0.25, 0.3) is 0 Å². The Labute approximate surface area is 272 Å². The van der Waals surface area contributed by atoms with Crippen molar-refractivity contribution in [3.63, 3.8) is 0 Å². The van der Waals surface area contributed by atoms with Crippen LogP contribution in [0.2, 0.25) is 0 Å². The summed E-state index contributed by atoms with van der Waals surface area (Å²) < 4.78 is 11.7. The van der Waals surface area contributed by atoms with Crippen LogP contribution in [0.25, 0.3) is 0 Å². The van der Waals surface area contributed by atoms with Gasteiger partial charge in [-0.05, 0) is 65.5 Å². The number of hydrogen-bond acceptors (Lipinski definition) is 6. The van der Waals surface area contributed by atoms with Gasteiger partial charge >= 0.3 is 0 Å². The molecule has 1 saturated heterocycles. The maximum Gasteiger partial charge on any atom is 0.248 e. The molecule has 8 nitrogen and oxygen atoms in total. The van der Waals surface area contributed by atoms with E-state index in [1.165, 1.54) is 0 Å². The Morgan fingerprint density at radius 3 is 2.50 bits per heavy atom. The Kier molecular flexibility index (Phi) is 9.33. The number of pyridine rings is 1. The third-order valence-electron chi connectivity index (χ3n) is 10.5. The minimum atomic E-state index is -0.984. The molecular weight excluding hydrogens is 578 g/mol. The first-order valence-electron chi connectivity index (χ1n) is 16.6. The van der Waals surface area contributed by atoms with Crippen LogP contribution in [0.3, 0.4) is 0 Å². The van der Waals surface area contributed by atoms with Gasteiger partial charge in [-0.2, -0.15) is 0 Å². The van der Waals surface area contributed by atoms with Gasteiger partial charge in [0.15, 0.2) is 6.29 Å². The van der Waals surface area contributed by atoms with Crippen molar-refractivity contribution in [2.45, 2.75) is 70.7 Å². The molecule has 2 heterocycles. The van der Waals surface area contributed by atoms with Crippen molar-refractivity contribution in [2.24, 2.45) is 29.6 Å². The molecule has 6 rings (SSSR count). The minimum Gasteiger partial charge on any atom is -0.396 e. The van der Waals surface area contributed by atoms with Crippen LogP contribution in [0.1, 0.15) is 74.9 Å². The molecular formula is C38H47N3O5. The Hall–Kier alpha value is -3.59. The molecule has 0 spiro atoms. The predicted molar refractivity (Wildman–Crippen MR) is 177 cm³/mol. The van der Waals surface area contributed by atoms with E-state index >= 15 is 4.79 Å². The lowest BCUT2D eigenvalue weighted by atomic mass is 9.67. The number of nitrogens with one attached hydrogen (secondary N) is 1. The van der Waals surface area contributed by atoms with Crippen LogP contribution in [0, 0.1) is 29.6 Å². The molecule has 2 amide bonds. The molecule has 8 heteroatoms. The Morgan fingerprint density at radius 1 is 1.07 bits per heavy atom. The zero-order chi connectivity index (χ0) is 32.6. The topological polar surface area (TPSA) is 101 Å². The molecule has 2 aliphatic carbocycles. The summed E-state index contributed by atoms with van der Waals surface area (Å²) in [4.78, 5) is 36.0. The van der Waals surface area contributed by atoms with Gasteiger partial charge in [0.1, 0.15) is 6.04 Å². The number of hydrogen-bond donors (Lipinski definition) is 2. The van der Waals surface area contributed by atoms with E-state index in [2.05, 4.69) is 50.1 Å². The highest BCUT2D eigenvalue weighted by molar-refractivity contribution is 6.02. The number of carbonyl (C=O) groups excluding carboxylic acids is 2. The van der Waals surface area contributed by atoms with Gasteiger partial charge in [-0.3, -0.25) is 19.5 Å². The first-order chi connectivity index (χ1) is 22.1. The zero-order valence-corrected chi connectivity index (χ0v) is 27.6.